The third kappa shape index (κ3) is 3.25. The summed E-state index contributed by atoms with van der Waals surface area (Å²) in [7, 11) is 0. The molecule has 7 nitrogen and oxygen atoms in total. The van der Waals surface area contributed by atoms with Crippen LogP contribution in [0.15, 0.2) is 42.7 Å². The smallest absolute Gasteiger partial charge is 0.256 e. The van der Waals surface area contributed by atoms with E-state index in [1.54, 1.807) is 12.4 Å². The normalized spacial score (nSPS) is 23.2. The summed E-state index contributed by atoms with van der Waals surface area (Å²) in [6.45, 7) is 6.02. The van der Waals surface area contributed by atoms with Gasteiger partial charge in [0, 0.05) is 57.7 Å². The minimum Gasteiger partial charge on any atom is -0.363 e. The summed E-state index contributed by atoms with van der Waals surface area (Å²) in [5.74, 6) is 0.917. The van der Waals surface area contributed by atoms with Crippen molar-refractivity contribution in [3.8, 4) is 0 Å². The summed E-state index contributed by atoms with van der Waals surface area (Å²) in [4.78, 5) is 28.3. The van der Waals surface area contributed by atoms with Crippen molar-refractivity contribution in [2.45, 2.75) is 18.6 Å². The Morgan fingerprint density at radius 3 is 2.54 bits per heavy atom. The highest BCUT2D eigenvalue weighted by Crippen LogP contribution is 2.30. The van der Waals surface area contributed by atoms with E-state index in [0.29, 0.717) is 12.6 Å². The Morgan fingerprint density at radius 1 is 1.00 bits per heavy atom. The number of nitrogens with zero attached hydrogens (tertiary/aromatic N) is 5. The predicted octanol–water partition coefficient (Wildman–Crippen LogP) is 1.12. The van der Waals surface area contributed by atoms with Gasteiger partial charge in [-0.2, -0.15) is 0 Å². The second-order valence-corrected chi connectivity index (χ2v) is 7.67. The van der Waals surface area contributed by atoms with Gasteiger partial charge in [-0.05, 0) is 23.6 Å². The van der Waals surface area contributed by atoms with E-state index in [1.165, 1.54) is 5.56 Å². The van der Waals surface area contributed by atoms with E-state index < -0.39 is 6.10 Å². The number of amides is 1. The molecule has 2 aromatic rings. The molecule has 0 aliphatic carbocycles. The summed E-state index contributed by atoms with van der Waals surface area (Å²) >= 11 is 0. The minimum absolute atomic E-state index is 0.111. The third-order valence-electron chi connectivity index (χ3n) is 6.06. The zero-order chi connectivity index (χ0) is 18.9. The van der Waals surface area contributed by atoms with E-state index in [0.717, 1.165) is 57.2 Å². The lowest BCUT2D eigenvalue weighted by molar-refractivity contribution is -0.152. The number of benzene rings is 1. The zero-order valence-corrected chi connectivity index (χ0v) is 15.9. The molecule has 2 saturated heterocycles. The lowest BCUT2D eigenvalue weighted by Crippen LogP contribution is -2.65. The van der Waals surface area contributed by atoms with Crippen LogP contribution in [0.5, 0.6) is 0 Å². The predicted molar refractivity (Wildman–Crippen MR) is 105 cm³/mol. The topological polar surface area (TPSA) is 61.8 Å². The lowest BCUT2D eigenvalue weighted by Gasteiger charge is -2.49. The summed E-state index contributed by atoms with van der Waals surface area (Å²) in [6, 6.07) is 10.4. The molecule has 1 aromatic carbocycles. The molecule has 1 aromatic heterocycles. The number of hydrogen-bond donors (Lipinski definition) is 0. The van der Waals surface area contributed by atoms with Crippen LogP contribution in [-0.2, 0) is 16.0 Å². The summed E-state index contributed by atoms with van der Waals surface area (Å²) in [6.07, 6.45) is 4.03. The molecule has 0 N–H and O–H groups in total. The van der Waals surface area contributed by atoms with Crippen molar-refractivity contribution in [1.82, 2.24) is 19.8 Å². The van der Waals surface area contributed by atoms with Crippen molar-refractivity contribution < 1.29 is 9.53 Å². The highest BCUT2D eigenvalue weighted by Gasteiger charge is 2.40. The highest BCUT2D eigenvalue weighted by molar-refractivity contribution is 5.83. The van der Waals surface area contributed by atoms with Gasteiger partial charge in [-0.15, -0.1) is 0 Å². The van der Waals surface area contributed by atoms with Crippen molar-refractivity contribution in [1.29, 1.82) is 0 Å². The van der Waals surface area contributed by atoms with Crippen LogP contribution in [0, 0.1) is 0 Å². The number of fused-ring (bicyclic) bond motifs is 1. The molecule has 1 atom stereocenters. The molecule has 3 aliphatic heterocycles. The van der Waals surface area contributed by atoms with Gasteiger partial charge in [0.1, 0.15) is 0 Å². The molecule has 0 radical (unpaired) electrons. The number of hydrogen-bond acceptors (Lipinski definition) is 6. The number of aromatic nitrogens is 2. The fraction of sp³-hybridized carbons (Fsp3) is 0.476. The molecule has 2 fully saturated rings. The average molecular weight is 379 g/mol. The third-order valence-corrected chi connectivity index (χ3v) is 6.06. The van der Waals surface area contributed by atoms with Crippen LogP contribution >= 0.6 is 0 Å². The molecule has 3 aliphatic rings. The number of rotatable bonds is 3. The fourth-order valence-corrected chi connectivity index (χ4v) is 4.37. The number of carbonyl (C=O) groups is 1. The van der Waals surface area contributed by atoms with Gasteiger partial charge in [0.15, 0.2) is 6.10 Å². The molecule has 146 valence electrons. The average Bonchev–Trinajstić information content (AvgIpc) is 2.73. The fourth-order valence-electron chi connectivity index (χ4n) is 4.37. The molecule has 28 heavy (non-hydrogen) atoms. The largest absolute Gasteiger partial charge is 0.363 e. The number of anilines is 1. The van der Waals surface area contributed by atoms with E-state index in [4.69, 9.17) is 4.74 Å². The zero-order valence-electron chi connectivity index (χ0n) is 15.9. The Balaban J connectivity index is 1.15. The summed E-state index contributed by atoms with van der Waals surface area (Å²) < 4.78 is 5.84. The van der Waals surface area contributed by atoms with Crippen molar-refractivity contribution in [2.75, 3.05) is 50.8 Å². The van der Waals surface area contributed by atoms with Crippen LogP contribution in [0.4, 0.5) is 5.95 Å². The van der Waals surface area contributed by atoms with E-state index in [-0.39, 0.29) is 5.91 Å². The number of piperazine rings is 1. The molecule has 5 rings (SSSR count). The molecular weight excluding hydrogens is 354 g/mol. The molecule has 0 bridgehead atoms. The van der Waals surface area contributed by atoms with Gasteiger partial charge < -0.3 is 14.5 Å². The quantitative estimate of drug-likeness (QED) is 0.797. The van der Waals surface area contributed by atoms with Crippen molar-refractivity contribution in [3.05, 3.63) is 53.9 Å². The van der Waals surface area contributed by atoms with Gasteiger partial charge in [-0.1, -0.05) is 24.3 Å². The number of carbonyl (C=O) groups excluding carboxylic acids is 1. The van der Waals surface area contributed by atoms with E-state index in [9.17, 15) is 4.79 Å². The van der Waals surface area contributed by atoms with Crippen molar-refractivity contribution in [2.24, 2.45) is 0 Å². The Bertz CT molecular complexity index is 832. The van der Waals surface area contributed by atoms with Gasteiger partial charge in [0.2, 0.25) is 5.95 Å². The Labute approximate surface area is 164 Å². The molecule has 0 spiro atoms. The Morgan fingerprint density at radius 2 is 1.75 bits per heavy atom. The molecule has 4 heterocycles. The molecule has 1 unspecified atom stereocenters. The molecule has 1 amide bonds. The highest BCUT2D eigenvalue weighted by atomic mass is 16.5. The molecule has 7 heteroatoms. The maximum absolute atomic E-state index is 13.0. The van der Waals surface area contributed by atoms with Crippen molar-refractivity contribution in [3.63, 3.8) is 0 Å². The van der Waals surface area contributed by atoms with Crippen LogP contribution < -0.4 is 4.90 Å². The number of ether oxygens (including phenoxy) is 1. The van der Waals surface area contributed by atoms with Crippen LogP contribution in [0.1, 0.15) is 17.2 Å². The van der Waals surface area contributed by atoms with Gasteiger partial charge in [0.05, 0.1) is 6.61 Å². The minimum atomic E-state index is -0.432. The lowest BCUT2D eigenvalue weighted by atomic mass is 9.95. The standard InChI is InChI=1S/C21H25N5O2/c27-20(19-18-5-2-1-4-16(18)6-13-28-19)26-14-17(15-26)24-9-11-25(12-10-24)21-22-7-3-8-23-21/h1-5,7-8,17,19H,6,9-15H2. The Hall–Kier alpha value is -2.51. The van der Waals surface area contributed by atoms with Crippen molar-refractivity contribution >= 4 is 11.9 Å². The van der Waals surface area contributed by atoms with Gasteiger partial charge in [-0.25, -0.2) is 9.97 Å². The summed E-state index contributed by atoms with van der Waals surface area (Å²) in [5, 5.41) is 0. The van der Waals surface area contributed by atoms with Gasteiger partial charge >= 0.3 is 0 Å². The SMILES string of the molecule is O=C(C1OCCc2ccccc21)N1CC(N2CCN(c3ncccn3)CC2)C1. The van der Waals surface area contributed by atoms with Gasteiger partial charge in [0.25, 0.3) is 5.91 Å². The number of likely N-dealkylation sites (tertiary alicyclic amines) is 1. The first kappa shape index (κ1) is 17.6. The molecule has 0 saturated carbocycles. The first-order valence-corrected chi connectivity index (χ1v) is 10.0. The first-order valence-electron chi connectivity index (χ1n) is 10.0. The van der Waals surface area contributed by atoms with E-state index >= 15 is 0 Å². The van der Waals surface area contributed by atoms with E-state index in [2.05, 4.69) is 25.8 Å². The molecular formula is C21H25N5O2. The van der Waals surface area contributed by atoms with Crippen LogP contribution in [0.3, 0.4) is 0 Å². The van der Waals surface area contributed by atoms with Crippen LogP contribution in [0.2, 0.25) is 0 Å². The van der Waals surface area contributed by atoms with Gasteiger partial charge in [-0.3, -0.25) is 9.69 Å². The van der Waals surface area contributed by atoms with Crippen LogP contribution in [0.25, 0.3) is 0 Å². The van der Waals surface area contributed by atoms with E-state index in [1.807, 2.05) is 29.2 Å². The first-order chi connectivity index (χ1) is 13.8. The maximum Gasteiger partial charge on any atom is 0.256 e. The maximum atomic E-state index is 13.0. The van der Waals surface area contributed by atoms with Crippen LogP contribution in [-0.4, -0.2) is 77.6 Å². The monoisotopic (exact) mass is 379 g/mol. The second kappa shape index (κ2) is 7.48. The Kier molecular flexibility index (Phi) is 4.70. The summed E-state index contributed by atoms with van der Waals surface area (Å²) in [5.41, 5.74) is 2.28. The second-order valence-electron chi connectivity index (χ2n) is 7.67.